The van der Waals surface area contributed by atoms with Crippen LogP contribution in [0.15, 0.2) is 104 Å². The van der Waals surface area contributed by atoms with Crippen molar-refractivity contribution in [3.63, 3.8) is 0 Å². The summed E-state index contributed by atoms with van der Waals surface area (Å²) < 4.78 is 10.7. The van der Waals surface area contributed by atoms with E-state index in [4.69, 9.17) is 74.3 Å². The molecule has 1 atom stereocenters. The number of benzene rings is 4. The number of alkyl halides is 1. The Kier molecular flexibility index (Phi) is 10.2. The minimum absolute atomic E-state index is 0.0929. The Hall–Kier alpha value is -2.21. The van der Waals surface area contributed by atoms with Crippen LogP contribution in [-0.2, 0) is 23.8 Å². The van der Waals surface area contributed by atoms with Crippen LogP contribution in [0.5, 0.6) is 0 Å². The van der Waals surface area contributed by atoms with Crippen LogP contribution >= 0.6 is 69.6 Å². The van der Waals surface area contributed by atoms with Gasteiger partial charge in [0.1, 0.15) is 25.0 Å². The molecule has 0 N–H and O–H groups in total. The van der Waals surface area contributed by atoms with E-state index >= 15 is 0 Å². The molecule has 0 aliphatic rings. The van der Waals surface area contributed by atoms with Crippen LogP contribution in [0.2, 0.25) is 25.1 Å². The van der Waals surface area contributed by atoms with Crippen molar-refractivity contribution in [1.82, 2.24) is 4.57 Å². The lowest BCUT2D eigenvalue weighted by atomic mass is 9.98. The number of halogens is 6. The molecule has 5 aromatic rings. The van der Waals surface area contributed by atoms with Gasteiger partial charge in [-0.3, -0.25) is 0 Å². The van der Waals surface area contributed by atoms with Crippen LogP contribution < -0.4 is 4.57 Å². The van der Waals surface area contributed by atoms with Gasteiger partial charge in [0.25, 0.3) is 0 Å². The summed E-state index contributed by atoms with van der Waals surface area (Å²) in [7, 11) is 0. The summed E-state index contributed by atoms with van der Waals surface area (Å²) in [5.41, 5.74) is 4.81. The Morgan fingerprint density at radius 1 is 0.707 bits per heavy atom. The first-order valence-corrected chi connectivity index (χ1v) is 15.2. The van der Waals surface area contributed by atoms with Crippen molar-refractivity contribution in [3.05, 3.63) is 157 Å². The van der Waals surface area contributed by atoms with E-state index in [0.717, 1.165) is 27.8 Å². The molecule has 1 unspecified atom stereocenters. The van der Waals surface area contributed by atoms with Crippen molar-refractivity contribution >= 4 is 69.6 Å². The molecule has 0 saturated carbocycles. The van der Waals surface area contributed by atoms with Crippen LogP contribution in [0.25, 0.3) is 0 Å². The largest absolute Gasteiger partial charge is 0.365 e. The zero-order chi connectivity index (χ0) is 28.9. The standard InChI is InChI=1S/C32H25Cl6N2O/c33-17-21-1-12-28(30(38)15-21)31(41-19-24-6-11-27(36)16-29(24)37)18-39-13-14-40(20-39)32(22-2-7-25(34)8-3-22)23-4-9-26(35)10-5-23/h1-16,20,31-32H,17-19H2/q+1. The number of imidazole rings is 1. The molecule has 0 aliphatic heterocycles. The minimum Gasteiger partial charge on any atom is -0.365 e. The second-order valence-corrected chi connectivity index (χ2v) is 12.0. The highest BCUT2D eigenvalue weighted by Gasteiger charge is 2.25. The van der Waals surface area contributed by atoms with Gasteiger partial charge in [0.15, 0.2) is 6.04 Å². The summed E-state index contributed by atoms with van der Waals surface area (Å²) in [5.74, 6) is 0.375. The molecule has 0 spiro atoms. The molecule has 9 heteroatoms. The van der Waals surface area contributed by atoms with Crippen LogP contribution in [0.3, 0.4) is 0 Å². The molecule has 210 valence electrons. The Balaban J connectivity index is 1.46. The van der Waals surface area contributed by atoms with Crippen molar-refractivity contribution in [2.45, 2.75) is 31.2 Å². The van der Waals surface area contributed by atoms with E-state index < -0.39 is 0 Å². The molecule has 1 heterocycles. The van der Waals surface area contributed by atoms with Crippen LogP contribution in [0.1, 0.15) is 40.0 Å². The lowest BCUT2D eigenvalue weighted by Crippen LogP contribution is -2.36. The number of aromatic nitrogens is 2. The summed E-state index contributed by atoms with van der Waals surface area (Å²) in [6, 6.07) is 26.8. The monoisotopic (exact) mass is 663 g/mol. The molecule has 0 bridgehead atoms. The second-order valence-electron chi connectivity index (χ2n) is 9.59. The highest BCUT2D eigenvalue weighted by Crippen LogP contribution is 2.31. The molecule has 0 amide bonds. The van der Waals surface area contributed by atoms with E-state index in [-0.39, 0.29) is 18.8 Å². The molecule has 0 radical (unpaired) electrons. The number of hydrogen-bond acceptors (Lipinski definition) is 1. The average Bonchev–Trinajstić information content (AvgIpc) is 3.42. The fraction of sp³-hybridized carbons (Fsp3) is 0.156. The maximum atomic E-state index is 6.73. The topological polar surface area (TPSA) is 18.0 Å². The van der Waals surface area contributed by atoms with Gasteiger partial charge in [0.2, 0.25) is 6.33 Å². The zero-order valence-electron chi connectivity index (χ0n) is 21.7. The smallest absolute Gasteiger partial charge is 0.244 e. The lowest BCUT2D eigenvalue weighted by Gasteiger charge is -2.19. The van der Waals surface area contributed by atoms with Crippen molar-refractivity contribution in [3.8, 4) is 0 Å². The zero-order valence-corrected chi connectivity index (χ0v) is 26.2. The number of nitrogens with zero attached hydrogens (tertiary/aromatic N) is 2. The first kappa shape index (κ1) is 30.3. The summed E-state index contributed by atoms with van der Waals surface area (Å²) >= 11 is 37.7. The van der Waals surface area contributed by atoms with Crippen molar-refractivity contribution in [1.29, 1.82) is 0 Å². The quantitative estimate of drug-likeness (QED) is 0.107. The predicted octanol–water partition coefficient (Wildman–Crippen LogP) is 10.4. The summed E-state index contributed by atoms with van der Waals surface area (Å²) in [6.07, 6.45) is 5.75. The maximum Gasteiger partial charge on any atom is 0.244 e. The second kappa shape index (κ2) is 13.8. The fourth-order valence-corrected chi connectivity index (χ4v) is 5.88. The number of ether oxygens (including phenoxy) is 1. The van der Waals surface area contributed by atoms with Gasteiger partial charge in [-0.25, -0.2) is 9.13 Å². The Morgan fingerprint density at radius 2 is 1.34 bits per heavy atom. The van der Waals surface area contributed by atoms with Crippen LogP contribution in [-0.4, -0.2) is 4.57 Å². The normalized spacial score (nSPS) is 12.2. The van der Waals surface area contributed by atoms with Gasteiger partial charge in [-0.1, -0.05) is 100 Å². The first-order chi connectivity index (χ1) is 19.8. The van der Waals surface area contributed by atoms with Gasteiger partial charge in [-0.05, 0) is 53.6 Å². The number of rotatable bonds is 10. The van der Waals surface area contributed by atoms with Gasteiger partial charge in [-0.15, -0.1) is 11.6 Å². The van der Waals surface area contributed by atoms with Crippen molar-refractivity contribution in [2.24, 2.45) is 0 Å². The van der Waals surface area contributed by atoms with Crippen LogP contribution in [0.4, 0.5) is 0 Å². The molecule has 3 nitrogen and oxygen atoms in total. The van der Waals surface area contributed by atoms with E-state index in [1.165, 1.54) is 0 Å². The van der Waals surface area contributed by atoms with E-state index in [9.17, 15) is 0 Å². The Morgan fingerprint density at radius 3 is 1.93 bits per heavy atom. The Bertz CT molecular complexity index is 1570. The van der Waals surface area contributed by atoms with Gasteiger partial charge in [0, 0.05) is 47.7 Å². The molecular weight excluding hydrogens is 641 g/mol. The van der Waals surface area contributed by atoms with Crippen molar-refractivity contribution in [2.75, 3.05) is 0 Å². The molecule has 4 aromatic carbocycles. The van der Waals surface area contributed by atoms with E-state index in [1.54, 1.807) is 12.1 Å². The highest BCUT2D eigenvalue weighted by atomic mass is 35.5. The van der Waals surface area contributed by atoms with Gasteiger partial charge < -0.3 is 4.74 Å². The molecule has 41 heavy (non-hydrogen) atoms. The molecule has 1 aromatic heterocycles. The summed E-state index contributed by atoms with van der Waals surface area (Å²) in [5, 5.41) is 3.08. The van der Waals surface area contributed by atoms with Gasteiger partial charge in [-0.2, -0.15) is 0 Å². The highest BCUT2D eigenvalue weighted by molar-refractivity contribution is 6.35. The van der Waals surface area contributed by atoms with E-state index in [0.29, 0.717) is 37.5 Å². The maximum absolute atomic E-state index is 6.73. The van der Waals surface area contributed by atoms with Crippen molar-refractivity contribution < 1.29 is 9.30 Å². The number of hydrogen-bond donors (Lipinski definition) is 0. The minimum atomic E-state index is -0.371. The van der Waals surface area contributed by atoms with Gasteiger partial charge >= 0.3 is 0 Å². The van der Waals surface area contributed by atoms with E-state index in [2.05, 4.69) is 15.5 Å². The lowest BCUT2D eigenvalue weighted by molar-refractivity contribution is -0.705. The van der Waals surface area contributed by atoms with Crippen LogP contribution in [0, 0.1) is 0 Å². The fourth-order valence-electron chi connectivity index (χ4n) is 4.67. The molecular formula is C32H25Cl6N2O+. The molecule has 0 saturated heterocycles. The SMILES string of the molecule is ClCc1ccc(C(C[n+]2ccn(C(c3ccc(Cl)cc3)c3ccc(Cl)cc3)c2)OCc2ccc(Cl)cc2Cl)c(Cl)c1. The summed E-state index contributed by atoms with van der Waals surface area (Å²) in [6.45, 7) is 0.791. The Labute approximate surface area is 269 Å². The third-order valence-electron chi connectivity index (χ3n) is 6.78. The summed E-state index contributed by atoms with van der Waals surface area (Å²) in [4.78, 5) is 0. The predicted molar refractivity (Wildman–Crippen MR) is 170 cm³/mol. The molecule has 0 fully saturated rings. The van der Waals surface area contributed by atoms with E-state index in [1.807, 2.05) is 85.2 Å². The third kappa shape index (κ3) is 7.60. The van der Waals surface area contributed by atoms with Gasteiger partial charge in [0.05, 0.1) is 6.61 Å². The molecule has 0 aliphatic carbocycles. The molecule has 5 rings (SSSR count). The average molecular weight is 666 g/mol. The third-order valence-corrected chi connectivity index (χ3v) is 8.51. The first-order valence-electron chi connectivity index (χ1n) is 12.8.